The fourth-order valence-electron chi connectivity index (χ4n) is 6.81. The average Bonchev–Trinajstić information content (AvgIpc) is 3.24. The SMILES string of the molecule is CC\C=C/C=C\C=C/C=C\C=C/CCCCCC(=O)OCC(COC(=O)CCCCCCCCCCCCCCC)OC(=O)CCCCC/C=C\CCCCCCCCC. The quantitative estimate of drug-likeness (QED) is 0.0200. The van der Waals surface area contributed by atoms with E-state index in [0.29, 0.717) is 19.3 Å². The van der Waals surface area contributed by atoms with Crippen molar-refractivity contribution < 1.29 is 28.6 Å². The van der Waals surface area contributed by atoms with Crippen LogP contribution < -0.4 is 0 Å². The molecule has 60 heavy (non-hydrogen) atoms. The second-order valence-electron chi connectivity index (χ2n) is 16.5. The highest BCUT2D eigenvalue weighted by Gasteiger charge is 2.19. The number of esters is 3. The Labute approximate surface area is 370 Å². The summed E-state index contributed by atoms with van der Waals surface area (Å²) in [6.45, 7) is 6.44. The number of hydrogen-bond donors (Lipinski definition) is 0. The van der Waals surface area contributed by atoms with Gasteiger partial charge in [-0.3, -0.25) is 14.4 Å². The Morgan fingerprint density at radius 1 is 0.350 bits per heavy atom. The summed E-state index contributed by atoms with van der Waals surface area (Å²) in [5.74, 6) is -0.952. The van der Waals surface area contributed by atoms with Gasteiger partial charge in [0.05, 0.1) is 0 Å². The first-order valence-electron chi connectivity index (χ1n) is 25.0. The number of ether oxygens (including phenoxy) is 3. The standard InChI is InChI=1S/C54H92O6/c1-4-7-10-13-16-19-22-25-27-30-32-35-38-41-44-47-53(56)59-50-51(49-58-52(55)46-43-40-37-34-31-28-24-21-18-15-12-9-6-3)60-54(57)48-45-42-39-36-33-29-26-23-20-17-14-11-8-5-2/h7,10,13,16,19,22,25,27,29-30,32-33,51H,4-6,8-9,11-12,14-15,17-18,20-21,23-24,26,28,31,34-50H2,1-3H3/b10-7-,16-13-,22-19-,27-25-,32-30-,33-29-. The van der Waals surface area contributed by atoms with Crippen LogP contribution >= 0.6 is 0 Å². The summed E-state index contributed by atoms with van der Waals surface area (Å²) < 4.78 is 16.7. The van der Waals surface area contributed by atoms with Gasteiger partial charge in [-0.1, -0.05) is 222 Å². The number of rotatable bonds is 44. The molecule has 0 amide bonds. The van der Waals surface area contributed by atoms with E-state index in [-0.39, 0.29) is 31.1 Å². The molecule has 0 fully saturated rings. The van der Waals surface area contributed by atoms with Crippen molar-refractivity contribution in [1.29, 1.82) is 0 Å². The zero-order valence-electron chi connectivity index (χ0n) is 39.2. The molecule has 6 nitrogen and oxygen atoms in total. The number of carbonyl (C=O) groups excluding carboxylic acids is 3. The third kappa shape index (κ3) is 45.9. The normalized spacial score (nSPS) is 12.7. The van der Waals surface area contributed by atoms with Crippen molar-refractivity contribution in [3.05, 3.63) is 72.9 Å². The van der Waals surface area contributed by atoms with E-state index in [1.165, 1.54) is 109 Å². The summed E-state index contributed by atoms with van der Waals surface area (Å²) >= 11 is 0. The summed E-state index contributed by atoms with van der Waals surface area (Å²) in [6.07, 6.45) is 60.2. The second kappa shape index (κ2) is 48.5. The number of hydrogen-bond acceptors (Lipinski definition) is 6. The van der Waals surface area contributed by atoms with Crippen molar-refractivity contribution in [2.24, 2.45) is 0 Å². The lowest BCUT2D eigenvalue weighted by molar-refractivity contribution is -0.167. The van der Waals surface area contributed by atoms with Gasteiger partial charge >= 0.3 is 17.9 Å². The van der Waals surface area contributed by atoms with Crippen molar-refractivity contribution in [3.8, 4) is 0 Å². The first-order chi connectivity index (χ1) is 29.5. The predicted octanol–water partition coefficient (Wildman–Crippen LogP) is 16.3. The van der Waals surface area contributed by atoms with E-state index in [0.717, 1.165) is 83.5 Å². The molecule has 0 aromatic heterocycles. The molecule has 0 bridgehead atoms. The van der Waals surface area contributed by atoms with Crippen LogP contribution in [0.3, 0.4) is 0 Å². The Kier molecular flexibility index (Phi) is 46.0. The minimum Gasteiger partial charge on any atom is -0.462 e. The Morgan fingerprint density at radius 2 is 0.667 bits per heavy atom. The van der Waals surface area contributed by atoms with Gasteiger partial charge in [-0.25, -0.2) is 0 Å². The molecule has 1 atom stereocenters. The zero-order valence-corrected chi connectivity index (χ0v) is 39.2. The van der Waals surface area contributed by atoms with E-state index < -0.39 is 6.10 Å². The van der Waals surface area contributed by atoms with E-state index in [1.54, 1.807) is 0 Å². The Morgan fingerprint density at radius 3 is 1.08 bits per heavy atom. The van der Waals surface area contributed by atoms with Crippen LogP contribution in [-0.2, 0) is 28.6 Å². The maximum Gasteiger partial charge on any atom is 0.306 e. The highest BCUT2D eigenvalue weighted by atomic mass is 16.6. The van der Waals surface area contributed by atoms with Crippen molar-refractivity contribution in [2.75, 3.05) is 13.2 Å². The first kappa shape index (κ1) is 56.9. The van der Waals surface area contributed by atoms with Gasteiger partial charge in [0, 0.05) is 19.3 Å². The van der Waals surface area contributed by atoms with Crippen LogP contribution in [0.15, 0.2) is 72.9 Å². The molecule has 0 radical (unpaired) electrons. The van der Waals surface area contributed by atoms with Gasteiger partial charge in [-0.15, -0.1) is 0 Å². The van der Waals surface area contributed by atoms with E-state index in [2.05, 4.69) is 45.1 Å². The number of unbranched alkanes of at least 4 members (excludes halogenated alkanes) is 25. The lowest BCUT2D eigenvalue weighted by atomic mass is 10.0. The fraction of sp³-hybridized carbons (Fsp3) is 0.722. The molecule has 0 aromatic rings. The molecule has 0 aliphatic rings. The largest absolute Gasteiger partial charge is 0.462 e. The minimum atomic E-state index is -0.798. The Hall–Kier alpha value is -3.15. The van der Waals surface area contributed by atoms with Crippen LogP contribution in [0.5, 0.6) is 0 Å². The summed E-state index contributed by atoms with van der Waals surface area (Å²) in [5.41, 5.74) is 0. The maximum absolute atomic E-state index is 12.8. The Bertz CT molecular complexity index is 1140. The van der Waals surface area contributed by atoms with Crippen molar-refractivity contribution in [2.45, 2.75) is 239 Å². The minimum absolute atomic E-state index is 0.0938. The van der Waals surface area contributed by atoms with Gasteiger partial charge in [-0.2, -0.15) is 0 Å². The van der Waals surface area contributed by atoms with Gasteiger partial charge in [0.1, 0.15) is 13.2 Å². The molecule has 0 N–H and O–H groups in total. The number of carbonyl (C=O) groups is 3. The lowest BCUT2D eigenvalue weighted by Gasteiger charge is -2.18. The summed E-state index contributed by atoms with van der Waals surface area (Å²) in [6, 6.07) is 0. The molecule has 0 saturated carbocycles. The predicted molar refractivity (Wildman–Crippen MR) is 256 cm³/mol. The van der Waals surface area contributed by atoms with Crippen molar-refractivity contribution in [1.82, 2.24) is 0 Å². The first-order valence-corrected chi connectivity index (χ1v) is 25.0. The van der Waals surface area contributed by atoms with Crippen LogP contribution in [0.2, 0.25) is 0 Å². The molecule has 0 aliphatic heterocycles. The van der Waals surface area contributed by atoms with E-state index in [9.17, 15) is 14.4 Å². The molecule has 0 saturated heterocycles. The highest BCUT2D eigenvalue weighted by Crippen LogP contribution is 2.14. The molecule has 6 heteroatoms. The van der Waals surface area contributed by atoms with Gasteiger partial charge in [-0.05, 0) is 64.2 Å². The van der Waals surface area contributed by atoms with E-state index in [1.807, 2.05) is 48.6 Å². The van der Waals surface area contributed by atoms with Gasteiger partial charge in [0.15, 0.2) is 6.10 Å². The third-order valence-electron chi connectivity index (χ3n) is 10.6. The van der Waals surface area contributed by atoms with Gasteiger partial charge < -0.3 is 14.2 Å². The Balaban J connectivity index is 4.48. The second-order valence-corrected chi connectivity index (χ2v) is 16.5. The average molecular weight is 837 g/mol. The maximum atomic E-state index is 12.8. The van der Waals surface area contributed by atoms with E-state index in [4.69, 9.17) is 14.2 Å². The highest BCUT2D eigenvalue weighted by molar-refractivity contribution is 5.71. The molecule has 0 aliphatic carbocycles. The molecule has 0 heterocycles. The summed E-state index contributed by atoms with van der Waals surface area (Å²) in [7, 11) is 0. The van der Waals surface area contributed by atoms with Crippen molar-refractivity contribution >= 4 is 17.9 Å². The topological polar surface area (TPSA) is 78.9 Å². The third-order valence-corrected chi connectivity index (χ3v) is 10.6. The fourth-order valence-corrected chi connectivity index (χ4v) is 6.81. The van der Waals surface area contributed by atoms with Crippen LogP contribution in [0.25, 0.3) is 0 Å². The van der Waals surface area contributed by atoms with Crippen LogP contribution in [0.4, 0.5) is 0 Å². The van der Waals surface area contributed by atoms with Crippen LogP contribution in [-0.4, -0.2) is 37.2 Å². The van der Waals surface area contributed by atoms with Crippen LogP contribution in [0, 0.1) is 0 Å². The summed E-state index contributed by atoms with van der Waals surface area (Å²) in [5, 5.41) is 0. The molecule has 344 valence electrons. The molecule has 0 rings (SSSR count). The van der Waals surface area contributed by atoms with Gasteiger partial charge in [0.2, 0.25) is 0 Å². The number of allylic oxidation sites excluding steroid dienone is 12. The zero-order chi connectivity index (χ0) is 43.7. The lowest BCUT2D eigenvalue weighted by Crippen LogP contribution is -2.30. The molecule has 0 spiro atoms. The molecule has 0 aromatic carbocycles. The molecular weight excluding hydrogens is 745 g/mol. The van der Waals surface area contributed by atoms with Crippen molar-refractivity contribution in [3.63, 3.8) is 0 Å². The van der Waals surface area contributed by atoms with Gasteiger partial charge in [0.25, 0.3) is 0 Å². The monoisotopic (exact) mass is 837 g/mol. The molecule has 1 unspecified atom stereocenters. The summed E-state index contributed by atoms with van der Waals surface area (Å²) in [4.78, 5) is 37.9. The van der Waals surface area contributed by atoms with E-state index >= 15 is 0 Å². The smallest absolute Gasteiger partial charge is 0.306 e. The van der Waals surface area contributed by atoms with Crippen LogP contribution in [0.1, 0.15) is 233 Å². The molecular formula is C54H92O6.